The van der Waals surface area contributed by atoms with E-state index in [0.29, 0.717) is 11.3 Å². The number of sulfonamides is 1. The summed E-state index contributed by atoms with van der Waals surface area (Å²) in [7, 11) is -3.68. The summed E-state index contributed by atoms with van der Waals surface area (Å²) < 4.78 is 28.5. The van der Waals surface area contributed by atoms with E-state index in [1.165, 1.54) is 0 Å². The molecule has 6 heteroatoms. The molecule has 2 aromatic carbocycles. The number of hydrogen-bond donors (Lipinski definition) is 1. The molecule has 0 aromatic heterocycles. The van der Waals surface area contributed by atoms with Gasteiger partial charge in [-0.05, 0) is 74.1 Å². The van der Waals surface area contributed by atoms with Gasteiger partial charge in [0.2, 0.25) is 5.91 Å². The lowest BCUT2D eigenvalue weighted by Gasteiger charge is -2.26. The number of rotatable bonds is 3. The van der Waals surface area contributed by atoms with Crippen molar-refractivity contribution in [2.45, 2.75) is 44.4 Å². The third-order valence-electron chi connectivity index (χ3n) is 5.30. The molecule has 0 fully saturated rings. The molecule has 5 nitrogen and oxygen atoms in total. The minimum absolute atomic E-state index is 0.107. The minimum Gasteiger partial charge on any atom is -0.311 e. The Labute approximate surface area is 154 Å². The number of aryl methyl sites for hydroxylation is 3. The van der Waals surface area contributed by atoms with Crippen LogP contribution in [0, 0.1) is 13.8 Å². The van der Waals surface area contributed by atoms with E-state index in [1.54, 1.807) is 13.0 Å². The van der Waals surface area contributed by atoms with Gasteiger partial charge in [-0.15, -0.1) is 0 Å². The van der Waals surface area contributed by atoms with Crippen molar-refractivity contribution >= 4 is 27.3 Å². The number of anilines is 2. The van der Waals surface area contributed by atoms with Gasteiger partial charge in [0.05, 0.1) is 16.5 Å². The molecule has 1 N–H and O–H groups in total. The number of amides is 1. The van der Waals surface area contributed by atoms with Gasteiger partial charge >= 0.3 is 0 Å². The zero-order valence-electron chi connectivity index (χ0n) is 15.2. The smallest absolute Gasteiger partial charge is 0.262 e. The Balaban J connectivity index is 1.77. The van der Waals surface area contributed by atoms with Gasteiger partial charge in [0.1, 0.15) is 0 Å². The lowest BCUT2D eigenvalue weighted by Crippen LogP contribution is -2.32. The molecule has 2 heterocycles. The fourth-order valence-electron chi connectivity index (χ4n) is 3.96. The van der Waals surface area contributed by atoms with Crippen molar-refractivity contribution < 1.29 is 13.2 Å². The maximum atomic E-state index is 12.9. The SMILES string of the molecule is Cc1ccc(C)c(S(=O)(=O)Nc2cc3c4c(c2)[C@@H](C)C(=O)N4CCC3)c1. The second-order valence-corrected chi connectivity index (χ2v) is 8.91. The van der Waals surface area contributed by atoms with E-state index in [0.717, 1.165) is 41.8 Å². The zero-order chi connectivity index (χ0) is 18.6. The Kier molecular flexibility index (Phi) is 3.84. The van der Waals surface area contributed by atoms with Crippen molar-refractivity contribution in [3.05, 3.63) is 52.6 Å². The maximum Gasteiger partial charge on any atom is 0.262 e. The summed E-state index contributed by atoms with van der Waals surface area (Å²) in [6.07, 6.45) is 1.76. The van der Waals surface area contributed by atoms with Crippen molar-refractivity contribution in [1.29, 1.82) is 0 Å². The van der Waals surface area contributed by atoms with E-state index in [1.807, 2.05) is 43.0 Å². The van der Waals surface area contributed by atoms with Crippen LogP contribution >= 0.6 is 0 Å². The fraction of sp³-hybridized carbons (Fsp3) is 0.350. The van der Waals surface area contributed by atoms with Crippen molar-refractivity contribution in [3.8, 4) is 0 Å². The number of carbonyl (C=O) groups is 1. The standard InChI is InChI=1S/C20H22N2O3S/c1-12-6-7-13(2)18(9-12)26(24,25)21-16-10-15-5-4-8-22-19(15)17(11-16)14(3)20(22)23/h6-7,9-11,14,21H,4-5,8H2,1-3H3/t14-/m1/s1. The molecule has 2 aliphatic rings. The summed E-state index contributed by atoms with van der Waals surface area (Å²) in [5.74, 6) is -0.123. The number of nitrogens with one attached hydrogen (secondary N) is 1. The lowest BCUT2D eigenvalue weighted by atomic mass is 9.96. The monoisotopic (exact) mass is 370 g/mol. The third kappa shape index (κ3) is 2.60. The van der Waals surface area contributed by atoms with Crippen LogP contribution < -0.4 is 9.62 Å². The van der Waals surface area contributed by atoms with E-state index in [4.69, 9.17) is 0 Å². The molecule has 2 aromatic rings. The Morgan fingerprint density at radius 1 is 1.15 bits per heavy atom. The van der Waals surface area contributed by atoms with Crippen LogP contribution in [0.15, 0.2) is 35.2 Å². The molecule has 0 spiro atoms. The van der Waals surface area contributed by atoms with Crippen LogP contribution in [0.4, 0.5) is 11.4 Å². The van der Waals surface area contributed by atoms with Crippen LogP contribution in [0.5, 0.6) is 0 Å². The van der Waals surface area contributed by atoms with Crippen LogP contribution in [0.1, 0.15) is 41.5 Å². The van der Waals surface area contributed by atoms with Gasteiger partial charge in [-0.2, -0.15) is 0 Å². The van der Waals surface area contributed by atoms with E-state index in [9.17, 15) is 13.2 Å². The average molecular weight is 370 g/mol. The van der Waals surface area contributed by atoms with Gasteiger partial charge in [0.25, 0.3) is 10.0 Å². The van der Waals surface area contributed by atoms with Gasteiger partial charge in [0, 0.05) is 12.2 Å². The first kappa shape index (κ1) is 17.1. The molecule has 0 unspecified atom stereocenters. The first-order valence-electron chi connectivity index (χ1n) is 8.86. The highest BCUT2D eigenvalue weighted by molar-refractivity contribution is 7.92. The third-order valence-corrected chi connectivity index (χ3v) is 6.83. The number of hydrogen-bond acceptors (Lipinski definition) is 3. The Morgan fingerprint density at radius 2 is 1.92 bits per heavy atom. The van der Waals surface area contributed by atoms with E-state index in [2.05, 4.69) is 4.72 Å². The topological polar surface area (TPSA) is 66.5 Å². The second-order valence-electron chi connectivity index (χ2n) is 7.26. The van der Waals surface area contributed by atoms with Crippen LogP contribution in [-0.4, -0.2) is 20.9 Å². The predicted octanol–water partition coefficient (Wildman–Crippen LogP) is 3.50. The van der Waals surface area contributed by atoms with Crippen LogP contribution in [0.2, 0.25) is 0 Å². The molecule has 1 amide bonds. The Bertz CT molecular complexity index is 1030. The molecule has 1 atom stereocenters. The molecule has 136 valence electrons. The molecule has 0 radical (unpaired) electrons. The first-order chi connectivity index (χ1) is 12.3. The summed E-state index contributed by atoms with van der Waals surface area (Å²) in [6, 6.07) is 9.09. The molecular weight excluding hydrogens is 348 g/mol. The average Bonchev–Trinajstić information content (AvgIpc) is 2.83. The molecule has 0 saturated heterocycles. The minimum atomic E-state index is -3.68. The van der Waals surface area contributed by atoms with Gasteiger partial charge in [-0.25, -0.2) is 8.42 Å². The van der Waals surface area contributed by atoms with Gasteiger partial charge in [0.15, 0.2) is 0 Å². The molecule has 0 saturated carbocycles. The number of carbonyl (C=O) groups excluding carboxylic acids is 1. The van der Waals surface area contributed by atoms with Crippen LogP contribution in [0.3, 0.4) is 0 Å². The maximum absolute atomic E-state index is 12.9. The highest BCUT2D eigenvalue weighted by atomic mass is 32.2. The quantitative estimate of drug-likeness (QED) is 0.899. The summed E-state index contributed by atoms with van der Waals surface area (Å²) in [6.45, 7) is 6.30. The normalized spacial score (nSPS) is 18.8. The number of benzene rings is 2. The van der Waals surface area contributed by atoms with E-state index < -0.39 is 10.0 Å². The summed E-state index contributed by atoms with van der Waals surface area (Å²) >= 11 is 0. The molecule has 4 rings (SSSR count). The van der Waals surface area contributed by atoms with Crippen molar-refractivity contribution in [2.75, 3.05) is 16.2 Å². The van der Waals surface area contributed by atoms with Crippen LogP contribution in [-0.2, 0) is 21.2 Å². The number of nitrogens with zero attached hydrogens (tertiary/aromatic N) is 1. The second kappa shape index (κ2) is 5.84. The van der Waals surface area contributed by atoms with E-state index >= 15 is 0 Å². The molecular formula is C20H22N2O3S. The van der Waals surface area contributed by atoms with Gasteiger partial charge < -0.3 is 4.90 Å². The van der Waals surface area contributed by atoms with Gasteiger partial charge in [-0.1, -0.05) is 12.1 Å². The van der Waals surface area contributed by atoms with Gasteiger partial charge in [-0.3, -0.25) is 9.52 Å². The first-order valence-corrected chi connectivity index (χ1v) is 10.3. The fourth-order valence-corrected chi connectivity index (χ4v) is 5.33. The highest BCUT2D eigenvalue weighted by Crippen LogP contribution is 2.44. The summed E-state index contributed by atoms with van der Waals surface area (Å²) in [5, 5.41) is 0. The van der Waals surface area contributed by atoms with Crippen molar-refractivity contribution in [1.82, 2.24) is 0 Å². The predicted molar refractivity (Wildman–Crippen MR) is 102 cm³/mol. The highest BCUT2D eigenvalue weighted by Gasteiger charge is 2.38. The molecule has 26 heavy (non-hydrogen) atoms. The molecule has 0 bridgehead atoms. The summed E-state index contributed by atoms with van der Waals surface area (Å²) in [4.78, 5) is 14.6. The molecule has 2 aliphatic heterocycles. The Hall–Kier alpha value is -2.34. The van der Waals surface area contributed by atoms with Crippen LogP contribution in [0.25, 0.3) is 0 Å². The lowest BCUT2D eigenvalue weighted by molar-refractivity contribution is -0.119. The zero-order valence-corrected chi connectivity index (χ0v) is 16.0. The Morgan fingerprint density at radius 3 is 2.69 bits per heavy atom. The molecule has 0 aliphatic carbocycles. The van der Waals surface area contributed by atoms with Crippen molar-refractivity contribution in [2.24, 2.45) is 0 Å². The van der Waals surface area contributed by atoms with Crippen molar-refractivity contribution in [3.63, 3.8) is 0 Å². The largest absolute Gasteiger partial charge is 0.311 e. The van der Waals surface area contributed by atoms with E-state index in [-0.39, 0.29) is 16.7 Å². The summed E-state index contributed by atoms with van der Waals surface area (Å²) in [5.41, 5.74) is 5.10.